The summed E-state index contributed by atoms with van der Waals surface area (Å²) >= 11 is 5.21. The average Bonchev–Trinajstić information content (AvgIpc) is 2.71. The Hall–Kier alpha value is -0.640. The maximum absolute atomic E-state index is 10.3. The first-order chi connectivity index (χ1) is 7.99. The van der Waals surface area contributed by atoms with Gasteiger partial charge in [0.05, 0.1) is 0 Å². The molecule has 0 bridgehead atoms. The van der Waals surface area contributed by atoms with Crippen LogP contribution in [0.15, 0.2) is 28.1 Å². The third kappa shape index (κ3) is 2.62. The summed E-state index contributed by atoms with van der Waals surface area (Å²) in [5.74, 6) is 0. The van der Waals surface area contributed by atoms with Crippen molar-refractivity contribution in [1.82, 2.24) is 0 Å². The van der Waals surface area contributed by atoms with E-state index < -0.39 is 6.10 Å². The molecule has 1 unspecified atom stereocenters. The zero-order valence-corrected chi connectivity index (χ0v) is 12.5. The van der Waals surface area contributed by atoms with E-state index in [-0.39, 0.29) is 0 Å². The molecule has 1 N–H and O–H groups in total. The lowest BCUT2D eigenvalue weighted by Crippen LogP contribution is -1.99. The normalized spacial score (nSPS) is 12.8. The molecular formula is C14H15BrOS. The van der Waals surface area contributed by atoms with Gasteiger partial charge in [-0.3, -0.25) is 0 Å². The maximum atomic E-state index is 10.3. The fourth-order valence-electron chi connectivity index (χ4n) is 1.94. The Morgan fingerprint density at radius 3 is 2.12 bits per heavy atom. The van der Waals surface area contributed by atoms with E-state index in [1.807, 2.05) is 37.4 Å². The minimum atomic E-state index is -0.523. The Morgan fingerprint density at radius 2 is 1.65 bits per heavy atom. The lowest BCUT2D eigenvalue weighted by molar-refractivity contribution is 0.220. The molecule has 1 aromatic heterocycles. The second kappa shape index (κ2) is 4.92. The van der Waals surface area contributed by atoms with Crippen molar-refractivity contribution in [3.05, 3.63) is 55.2 Å². The molecule has 0 fully saturated rings. The van der Waals surface area contributed by atoms with E-state index in [1.165, 1.54) is 4.88 Å². The van der Waals surface area contributed by atoms with Gasteiger partial charge in [-0.05, 0) is 54.5 Å². The quantitative estimate of drug-likeness (QED) is 0.864. The Bertz CT molecular complexity index is 522. The van der Waals surface area contributed by atoms with Gasteiger partial charge in [0.15, 0.2) is 0 Å². The van der Waals surface area contributed by atoms with E-state index in [2.05, 4.69) is 22.9 Å². The van der Waals surface area contributed by atoms with Crippen molar-refractivity contribution in [2.24, 2.45) is 0 Å². The van der Waals surface area contributed by atoms with Crippen LogP contribution in [0.5, 0.6) is 0 Å². The second-order valence-corrected chi connectivity index (χ2v) is 6.27. The van der Waals surface area contributed by atoms with Crippen LogP contribution in [0.25, 0.3) is 0 Å². The largest absolute Gasteiger partial charge is 0.384 e. The minimum Gasteiger partial charge on any atom is -0.384 e. The van der Waals surface area contributed by atoms with Crippen LogP contribution in [-0.2, 0) is 0 Å². The standard InChI is InChI=1S/C14H15BrOS/c1-8-4-11(5-9(2)13(8)15)14(16)12-6-10(3)17-7-12/h4-7,14,16H,1-3H3. The molecule has 0 spiro atoms. The van der Waals surface area contributed by atoms with Crippen molar-refractivity contribution in [3.8, 4) is 0 Å². The SMILES string of the molecule is Cc1cc(C(O)c2cc(C)c(Br)c(C)c2)cs1. The molecule has 0 amide bonds. The fourth-order valence-corrected chi connectivity index (χ4v) is 2.89. The van der Waals surface area contributed by atoms with E-state index in [0.717, 1.165) is 26.7 Å². The number of aryl methyl sites for hydroxylation is 3. The van der Waals surface area contributed by atoms with Gasteiger partial charge in [0.1, 0.15) is 6.10 Å². The molecule has 1 aromatic carbocycles. The van der Waals surface area contributed by atoms with Crippen molar-refractivity contribution < 1.29 is 5.11 Å². The van der Waals surface area contributed by atoms with Gasteiger partial charge >= 0.3 is 0 Å². The summed E-state index contributed by atoms with van der Waals surface area (Å²) in [6.45, 7) is 6.15. The highest BCUT2D eigenvalue weighted by atomic mass is 79.9. The molecule has 2 aromatic rings. The van der Waals surface area contributed by atoms with E-state index in [0.29, 0.717) is 0 Å². The molecule has 0 saturated carbocycles. The molecule has 3 heteroatoms. The molecule has 0 aliphatic heterocycles. The van der Waals surface area contributed by atoms with Crippen LogP contribution < -0.4 is 0 Å². The van der Waals surface area contributed by atoms with Gasteiger partial charge in [0.25, 0.3) is 0 Å². The highest BCUT2D eigenvalue weighted by Crippen LogP contribution is 2.30. The zero-order valence-electron chi connectivity index (χ0n) is 10.1. The van der Waals surface area contributed by atoms with Crippen LogP contribution in [0.4, 0.5) is 0 Å². The second-order valence-electron chi connectivity index (χ2n) is 4.36. The zero-order chi connectivity index (χ0) is 12.6. The van der Waals surface area contributed by atoms with Crippen LogP contribution in [0.1, 0.15) is 33.2 Å². The molecule has 2 rings (SSSR count). The van der Waals surface area contributed by atoms with E-state index in [1.54, 1.807) is 11.3 Å². The highest BCUT2D eigenvalue weighted by Gasteiger charge is 2.13. The van der Waals surface area contributed by atoms with Crippen LogP contribution in [-0.4, -0.2) is 5.11 Å². The first-order valence-electron chi connectivity index (χ1n) is 5.49. The monoisotopic (exact) mass is 310 g/mol. The minimum absolute atomic E-state index is 0.523. The van der Waals surface area contributed by atoms with Crippen molar-refractivity contribution in [3.63, 3.8) is 0 Å². The fraction of sp³-hybridized carbons (Fsp3) is 0.286. The topological polar surface area (TPSA) is 20.2 Å². The number of thiophene rings is 1. The summed E-state index contributed by atoms with van der Waals surface area (Å²) in [6.07, 6.45) is -0.523. The van der Waals surface area contributed by atoms with Crippen LogP contribution in [0.2, 0.25) is 0 Å². The van der Waals surface area contributed by atoms with Crippen molar-refractivity contribution in [2.45, 2.75) is 26.9 Å². The summed E-state index contributed by atoms with van der Waals surface area (Å²) in [6, 6.07) is 6.12. The Kier molecular flexibility index (Phi) is 3.71. The Balaban J connectivity index is 2.41. The first-order valence-corrected chi connectivity index (χ1v) is 7.16. The number of aliphatic hydroxyl groups is 1. The van der Waals surface area contributed by atoms with Gasteiger partial charge in [-0.15, -0.1) is 11.3 Å². The van der Waals surface area contributed by atoms with Crippen molar-refractivity contribution in [1.29, 1.82) is 0 Å². The Morgan fingerprint density at radius 1 is 1.06 bits per heavy atom. The molecule has 0 aliphatic carbocycles. The van der Waals surface area contributed by atoms with Gasteiger partial charge in [-0.1, -0.05) is 28.1 Å². The summed E-state index contributed by atoms with van der Waals surface area (Å²) < 4.78 is 1.12. The number of benzene rings is 1. The molecule has 0 aliphatic rings. The van der Waals surface area contributed by atoms with E-state index in [9.17, 15) is 5.11 Å². The summed E-state index contributed by atoms with van der Waals surface area (Å²) in [5.41, 5.74) is 4.26. The first kappa shape index (κ1) is 12.8. The summed E-state index contributed by atoms with van der Waals surface area (Å²) in [4.78, 5) is 1.23. The number of aliphatic hydroxyl groups excluding tert-OH is 1. The molecule has 0 saturated heterocycles. The van der Waals surface area contributed by atoms with Gasteiger partial charge in [-0.25, -0.2) is 0 Å². The van der Waals surface area contributed by atoms with Gasteiger partial charge in [0, 0.05) is 9.35 Å². The summed E-state index contributed by atoms with van der Waals surface area (Å²) in [5, 5.41) is 12.4. The van der Waals surface area contributed by atoms with Crippen molar-refractivity contribution in [2.75, 3.05) is 0 Å². The third-order valence-electron chi connectivity index (χ3n) is 2.84. The molecule has 1 nitrogen and oxygen atoms in total. The van der Waals surface area contributed by atoms with E-state index in [4.69, 9.17) is 0 Å². The molecule has 0 radical (unpaired) electrons. The number of halogens is 1. The smallest absolute Gasteiger partial charge is 0.105 e. The highest BCUT2D eigenvalue weighted by molar-refractivity contribution is 9.10. The van der Waals surface area contributed by atoms with Crippen LogP contribution >= 0.6 is 27.3 Å². The maximum Gasteiger partial charge on any atom is 0.105 e. The predicted octanol–water partition coefficient (Wildman–Crippen LogP) is 4.52. The van der Waals surface area contributed by atoms with Crippen LogP contribution in [0.3, 0.4) is 0 Å². The van der Waals surface area contributed by atoms with Gasteiger partial charge in [0.2, 0.25) is 0 Å². The number of hydrogen-bond donors (Lipinski definition) is 1. The van der Waals surface area contributed by atoms with Crippen molar-refractivity contribution >= 4 is 27.3 Å². The molecule has 1 atom stereocenters. The molecule has 1 heterocycles. The molecule has 17 heavy (non-hydrogen) atoms. The van der Waals surface area contributed by atoms with Crippen LogP contribution in [0, 0.1) is 20.8 Å². The number of rotatable bonds is 2. The van der Waals surface area contributed by atoms with E-state index >= 15 is 0 Å². The number of hydrogen-bond acceptors (Lipinski definition) is 2. The molecule has 90 valence electrons. The summed E-state index contributed by atoms with van der Waals surface area (Å²) in [7, 11) is 0. The lowest BCUT2D eigenvalue weighted by Gasteiger charge is -2.13. The molecular weight excluding hydrogens is 296 g/mol. The Labute approximate surface area is 114 Å². The van der Waals surface area contributed by atoms with Gasteiger partial charge < -0.3 is 5.11 Å². The lowest BCUT2D eigenvalue weighted by atomic mass is 9.99. The third-order valence-corrected chi connectivity index (χ3v) is 4.97. The average molecular weight is 311 g/mol. The van der Waals surface area contributed by atoms with Gasteiger partial charge in [-0.2, -0.15) is 0 Å². The predicted molar refractivity (Wildman–Crippen MR) is 76.7 cm³/mol.